The van der Waals surface area contributed by atoms with E-state index in [0.717, 1.165) is 18.6 Å². The summed E-state index contributed by atoms with van der Waals surface area (Å²) >= 11 is 14.3. The average molecular weight is 450 g/mol. The van der Waals surface area contributed by atoms with Crippen molar-refractivity contribution in [3.63, 3.8) is 0 Å². The fraction of sp³-hybridized carbons (Fsp3) is 0.273. The Morgan fingerprint density at radius 3 is 2.72 bits per heavy atom. The Bertz CT molecular complexity index is 1030. The van der Waals surface area contributed by atoms with Crippen LogP contribution >= 0.6 is 35.0 Å². The quantitative estimate of drug-likeness (QED) is 0.220. The van der Waals surface area contributed by atoms with Gasteiger partial charge in [-0.05, 0) is 49.8 Å². The zero-order chi connectivity index (χ0) is 20.8. The lowest BCUT2D eigenvalue weighted by atomic mass is 10.1. The van der Waals surface area contributed by atoms with Gasteiger partial charge in [0.2, 0.25) is 0 Å². The minimum Gasteiger partial charge on any atom is -0.493 e. The molecule has 2 aromatic carbocycles. The maximum Gasteiger partial charge on any atom is 0.356 e. The van der Waals surface area contributed by atoms with Crippen molar-refractivity contribution in [2.75, 3.05) is 19.5 Å². The van der Waals surface area contributed by atoms with Crippen LogP contribution < -0.4 is 4.74 Å². The summed E-state index contributed by atoms with van der Waals surface area (Å²) in [4.78, 5) is 17.5. The minimum absolute atomic E-state index is 0.156. The number of pyridine rings is 1. The first kappa shape index (κ1) is 21.8. The third-order valence-electron chi connectivity index (χ3n) is 4.24. The first-order valence-electron chi connectivity index (χ1n) is 9.18. The van der Waals surface area contributed by atoms with Gasteiger partial charge >= 0.3 is 5.97 Å². The van der Waals surface area contributed by atoms with Gasteiger partial charge in [-0.1, -0.05) is 40.9 Å². The van der Waals surface area contributed by atoms with Crippen LogP contribution in [0.25, 0.3) is 10.9 Å². The highest BCUT2D eigenvalue weighted by molar-refractivity contribution is 7.99. The number of carbonyl (C=O) groups excluding carboxylic acids is 1. The number of aromatic nitrogens is 1. The largest absolute Gasteiger partial charge is 0.493 e. The van der Waals surface area contributed by atoms with E-state index in [9.17, 15) is 4.79 Å². The number of thioether (sulfide) groups is 1. The fourth-order valence-electron chi connectivity index (χ4n) is 2.85. The van der Waals surface area contributed by atoms with Gasteiger partial charge in [-0.25, -0.2) is 9.78 Å². The molecule has 0 N–H and O–H groups in total. The van der Waals surface area contributed by atoms with Crippen molar-refractivity contribution < 1.29 is 14.3 Å². The number of halogens is 2. The predicted octanol–water partition coefficient (Wildman–Crippen LogP) is 6.59. The number of benzene rings is 2. The van der Waals surface area contributed by atoms with E-state index in [-0.39, 0.29) is 5.69 Å². The van der Waals surface area contributed by atoms with E-state index in [2.05, 4.69) is 36.2 Å². The molecular weight excluding hydrogens is 429 g/mol. The SMILES string of the molecule is COC(=O)c1cc(OCCCCSc2cccc(C)c2)c2c(Cl)cc(Cl)cc2n1. The Morgan fingerprint density at radius 1 is 1.14 bits per heavy atom. The zero-order valence-corrected chi connectivity index (χ0v) is 18.5. The van der Waals surface area contributed by atoms with Crippen LogP contribution in [0.15, 0.2) is 47.4 Å². The number of nitrogens with zero attached hydrogens (tertiary/aromatic N) is 1. The molecule has 0 atom stereocenters. The summed E-state index contributed by atoms with van der Waals surface area (Å²) in [5, 5.41) is 1.51. The van der Waals surface area contributed by atoms with E-state index in [0.29, 0.717) is 33.3 Å². The minimum atomic E-state index is -0.539. The summed E-state index contributed by atoms with van der Waals surface area (Å²) in [6, 6.07) is 13.3. The Morgan fingerprint density at radius 2 is 1.97 bits per heavy atom. The van der Waals surface area contributed by atoms with Gasteiger partial charge in [0.25, 0.3) is 0 Å². The van der Waals surface area contributed by atoms with Gasteiger partial charge in [-0.15, -0.1) is 11.8 Å². The number of ether oxygens (including phenoxy) is 2. The number of esters is 1. The van der Waals surface area contributed by atoms with Gasteiger partial charge in [0.1, 0.15) is 5.75 Å². The molecule has 1 heterocycles. The van der Waals surface area contributed by atoms with Gasteiger partial charge in [0, 0.05) is 16.0 Å². The molecule has 0 saturated heterocycles. The summed E-state index contributed by atoms with van der Waals surface area (Å²) in [5.74, 6) is 0.971. The lowest BCUT2D eigenvalue weighted by molar-refractivity contribution is 0.0594. The molecule has 0 aliphatic rings. The Balaban J connectivity index is 1.65. The molecule has 3 rings (SSSR count). The lowest BCUT2D eigenvalue weighted by Crippen LogP contribution is -2.07. The second-order valence-electron chi connectivity index (χ2n) is 6.50. The van der Waals surface area contributed by atoms with Crippen LogP contribution in [-0.2, 0) is 4.74 Å². The van der Waals surface area contributed by atoms with Crippen molar-refractivity contribution in [2.24, 2.45) is 0 Å². The second-order valence-corrected chi connectivity index (χ2v) is 8.51. The molecule has 0 fully saturated rings. The number of hydrogen-bond acceptors (Lipinski definition) is 5. The summed E-state index contributed by atoms with van der Waals surface area (Å²) in [5.41, 5.74) is 1.92. The van der Waals surface area contributed by atoms with Crippen molar-refractivity contribution in [2.45, 2.75) is 24.7 Å². The normalized spacial score (nSPS) is 10.9. The van der Waals surface area contributed by atoms with Crippen LogP contribution in [0.1, 0.15) is 28.9 Å². The maximum atomic E-state index is 11.9. The molecule has 0 aliphatic carbocycles. The molecule has 0 radical (unpaired) electrons. The van der Waals surface area contributed by atoms with Crippen LogP contribution in [-0.4, -0.2) is 30.4 Å². The number of carbonyl (C=O) groups is 1. The van der Waals surface area contributed by atoms with Crippen molar-refractivity contribution in [1.29, 1.82) is 0 Å². The van der Waals surface area contributed by atoms with E-state index < -0.39 is 5.97 Å². The molecule has 3 aromatic rings. The van der Waals surface area contributed by atoms with Crippen LogP contribution in [0.4, 0.5) is 0 Å². The van der Waals surface area contributed by atoms with Gasteiger partial charge in [-0.2, -0.15) is 0 Å². The predicted molar refractivity (Wildman–Crippen MR) is 120 cm³/mol. The number of aryl methyl sites for hydroxylation is 1. The number of fused-ring (bicyclic) bond motifs is 1. The lowest BCUT2D eigenvalue weighted by Gasteiger charge is -2.12. The third kappa shape index (κ3) is 5.78. The van der Waals surface area contributed by atoms with Crippen molar-refractivity contribution in [3.05, 3.63) is 63.8 Å². The highest BCUT2D eigenvalue weighted by atomic mass is 35.5. The molecule has 152 valence electrons. The second kappa shape index (κ2) is 10.2. The molecule has 0 amide bonds. The summed E-state index contributed by atoms with van der Waals surface area (Å²) < 4.78 is 10.7. The smallest absolute Gasteiger partial charge is 0.356 e. The first-order chi connectivity index (χ1) is 14.0. The van der Waals surface area contributed by atoms with E-state index in [4.69, 9.17) is 32.7 Å². The van der Waals surface area contributed by atoms with Crippen LogP contribution in [0.3, 0.4) is 0 Å². The van der Waals surface area contributed by atoms with E-state index in [1.807, 2.05) is 11.8 Å². The van der Waals surface area contributed by atoms with Gasteiger partial charge in [0.15, 0.2) is 5.69 Å². The Labute approximate surface area is 184 Å². The Hall–Kier alpha value is -1.95. The van der Waals surface area contributed by atoms with E-state index in [1.165, 1.54) is 17.6 Å². The monoisotopic (exact) mass is 449 g/mol. The first-order valence-corrected chi connectivity index (χ1v) is 10.9. The molecule has 0 unspecified atom stereocenters. The summed E-state index contributed by atoms with van der Waals surface area (Å²) in [6.45, 7) is 2.60. The molecule has 0 spiro atoms. The molecule has 7 heteroatoms. The van der Waals surface area contributed by atoms with Crippen LogP contribution in [0.2, 0.25) is 10.0 Å². The van der Waals surface area contributed by atoms with Gasteiger partial charge < -0.3 is 9.47 Å². The topological polar surface area (TPSA) is 48.4 Å². The van der Waals surface area contributed by atoms with Crippen LogP contribution in [0.5, 0.6) is 5.75 Å². The Kier molecular flexibility index (Phi) is 7.64. The fourth-order valence-corrected chi connectivity index (χ4v) is 4.46. The maximum absolute atomic E-state index is 11.9. The molecule has 0 saturated carbocycles. The molecule has 1 aromatic heterocycles. The van der Waals surface area contributed by atoms with Crippen LogP contribution in [0, 0.1) is 6.92 Å². The van der Waals surface area contributed by atoms with Crippen molar-refractivity contribution in [3.8, 4) is 5.75 Å². The molecule has 4 nitrogen and oxygen atoms in total. The third-order valence-corrected chi connectivity index (χ3v) is 5.83. The molecule has 29 heavy (non-hydrogen) atoms. The number of methoxy groups -OCH3 is 1. The summed E-state index contributed by atoms with van der Waals surface area (Å²) in [6.07, 6.45) is 1.88. The average Bonchev–Trinajstić information content (AvgIpc) is 2.69. The van der Waals surface area contributed by atoms with E-state index in [1.54, 1.807) is 18.2 Å². The number of hydrogen-bond donors (Lipinski definition) is 0. The molecule has 0 bridgehead atoms. The number of unbranched alkanes of at least 4 members (excludes halogenated alkanes) is 1. The zero-order valence-electron chi connectivity index (χ0n) is 16.2. The van der Waals surface area contributed by atoms with Crippen molar-refractivity contribution >= 4 is 51.8 Å². The number of rotatable bonds is 8. The van der Waals surface area contributed by atoms with Gasteiger partial charge in [0.05, 0.1) is 29.6 Å². The highest BCUT2D eigenvalue weighted by Crippen LogP contribution is 2.35. The van der Waals surface area contributed by atoms with Gasteiger partial charge in [-0.3, -0.25) is 0 Å². The summed E-state index contributed by atoms with van der Waals surface area (Å²) in [7, 11) is 1.31. The standard InChI is InChI=1S/C22H21Cl2NO3S/c1-14-6-5-7-16(10-14)29-9-4-3-8-28-20-13-19(22(26)27-2)25-18-12-15(23)11-17(24)21(18)20/h5-7,10-13H,3-4,8-9H2,1-2H3. The molecular formula is C22H21Cl2NO3S. The molecule has 0 aliphatic heterocycles. The highest BCUT2D eigenvalue weighted by Gasteiger charge is 2.16. The van der Waals surface area contributed by atoms with E-state index >= 15 is 0 Å². The van der Waals surface area contributed by atoms with Crippen molar-refractivity contribution in [1.82, 2.24) is 4.98 Å².